The SMILES string of the molecule is COc1ccc(F)c(C(=O)C(=O)O)c1Cl. The molecule has 80 valence electrons. The zero-order valence-electron chi connectivity index (χ0n) is 7.58. The molecule has 0 amide bonds. The van der Waals surface area contributed by atoms with Crippen molar-refractivity contribution in [2.24, 2.45) is 0 Å². The summed E-state index contributed by atoms with van der Waals surface area (Å²) in [6.45, 7) is 0. The number of hydrogen-bond donors (Lipinski definition) is 1. The number of ketones is 1. The van der Waals surface area contributed by atoms with E-state index in [0.29, 0.717) is 0 Å². The van der Waals surface area contributed by atoms with Crippen LogP contribution in [0.25, 0.3) is 0 Å². The van der Waals surface area contributed by atoms with Crippen LogP contribution >= 0.6 is 11.6 Å². The minimum atomic E-state index is -1.77. The molecule has 0 saturated heterocycles. The maximum Gasteiger partial charge on any atom is 0.377 e. The van der Waals surface area contributed by atoms with Crippen LogP contribution in [0.3, 0.4) is 0 Å². The first kappa shape index (κ1) is 11.5. The van der Waals surface area contributed by atoms with Crippen molar-refractivity contribution in [2.75, 3.05) is 7.11 Å². The first-order valence-electron chi connectivity index (χ1n) is 3.78. The van der Waals surface area contributed by atoms with Crippen LogP contribution in [-0.2, 0) is 4.79 Å². The van der Waals surface area contributed by atoms with E-state index in [0.717, 1.165) is 6.07 Å². The molecule has 1 aromatic rings. The molecule has 1 N–H and O–H groups in total. The average molecular weight is 233 g/mol. The number of rotatable bonds is 3. The Morgan fingerprint density at radius 2 is 2.07 bits per heavy atom. The molecule has 6 heteroatoms. The van der Waals surface area contributed by atoms with Gasteiger partial charge in [-0.15, -0.1) is 0 Å². The lowest BCUT2D eigenvalue weighted by molar-refractivity contribution is -0.131. The van der Waals surface area contributed by atoms with Gasteiger partial charge in [-0.2, -0.15) is 0 Å². The smallest absolute Gasteiger partial charge is 0.377 e. The molecule has 0 aliphatic carbocycles. The summed E-state index contributed by atoms with van der Waals surface area (Å²) in [6, 6.07) is 2.12. The standard InChI is InChI=1S/C9H6ClFO4/c1-15-5-3-2-4(11)6(7(5)10)8(12)9(13)14/h2-3H,1H3,(H,13,14). The second kappa shape index (κ2) is 4.27. The summed E-state index contributed by atoms with van der Waals surface area (Å²) in [7, 11) is 1.27. The number of benzene rings is 1. The zero-order valence-corrected chi connectivity index (χ0v) is 8.34. The second-order valence-electron chi connectivity index (χ2n) is 2.57. The third-order valence-electron chi connectivity index (χ3n) is 1.70. The molecule has 0 aliphatic rings. The molecular formula is C9H6ClFO4. The number of carbonyl (C=O) groups is 2. The zero-order chi connectivity index (χ0) is 11.6. The van der Waals surface area contributed by atoms with Crippen LogP contribution in [0.5, 0.6) is 5.75 Å². The largest absolute Gasteiger partial charge is 0.495 e. The van der Waals surface area contributed by atoms with E-state index in [2.05, 4.69) is 0 Å². The summed E-state index contributed by atoms with van der Waals surface area (Å²) in [6.07, 6.45) is 0. The lowest BCUT2D eigenvalue weighted by atomic mass is 10.1. The Morgan fingerprint density at radius 1 is 1.47 bits per heavy atom. The summed E-state index contributed by atoms with van der Waals surface area (Å²) >= 11 is 5.60. The van der Waals surface area contributed by atoms with Gasteiger partial charge >= 0.3 is 5.97 Å². The molecule has 1 rings (SSSR count). The van der Waals surface area contributed by atoms with Gasteiger partial charge in [0, 0.05) is 0 Å². The minimum Gasteiger partial charge on any atom is -0.495 e. The third-order valence-corrected chi connectivity index (χ3v) is 2.07. The molecule has 1 aromatic carbocycles. The Balaban J connectivity index is 3.39. The van der Waals surface area contributed by atoms with Crippen molar-refractivity contribution in [1.82, 2.24) is 0 Å². The molecule has 0 atom stereocenters. The summed E-state index contributed by atoms with van der Waals surface area (Å²) in [5.41, 5.74) is -0.691. The fourth-order valence-electron chi connectivity index (χ4n) is 1.01. The Hall–Kier alpha value is -1.62. The van der Waals surface area contributed by atoms with Crippen molar-refractivity contribution < 1.29 is 23.8 Å². The van der Waals surface area contributed by atoms with Gasteiger partial charge in [0.05, 0.1) is 17.7 Å². The minimum absolute atomic E-state index is 0.0441. The van der Waals surface area contributed by atoms with Gasteiger partial charge in [0.15, 0.2) is 0 Å². The highest BCUT2D eigenvalue weighted by molar-refractivity contribution is 6.45. The molecular weight excluding hydrogens is 227 g/mol. The molecule has 0 saturated carbocycles. The molecule has 0 aromatic heterocycles. The predicted molar refractivity (Wildman–Crippen MR) is 49.9 cm³/mol. The van der Waals surface area contributed by atoms with Crippen molar-refractivity contribution in [3.63, 3.8) is 0 Å². The fourth-order valence-corrected chi connectivity index (χ4v) is 1.32. The van der Waals surface area contributed by atoms with E-state index < -0.39 is 23.1 Å². The Morgan fingerprint density at radius 3 is 2.53 bits per heavy atom. The maximum absolute atomic E-state index is 13.2. The molecule has 0 spiro atoms. The summed E-state index contributed by atoms with van der Waals surface area (Å²) in [5, 5.41) is 8.09. The van der Waals surface area contributed by atoms with Gasteiger partial charge in [-0.25, -0.2) is 9.18 Å². The van der Waals surface area contributed by atoms with Gasteiger partial charge in [-0.1, -0.05) is 11.6 Å². The van der Waals surface area contributed by atoms with E-state index in [1.165, 1.54) is 13.2 Å². The summed E-state index contributed by atoms with van der Waals surface area (Å²) in [5.74, 6) is -4.13. The lowest BCUT2D eigenvalue weighted by Gasteiger charge is -2.06. The van der Waals surface area contributed by atoms with E-state index in [1.807, 2.05) is 0 Å². The van der Waals surface area contributed by atoms with E-state index >= 15 is 0 Å². The van der Waals surface area contributed by atoms with Crippen LogP contribution in [-0.4, -0.2) is 24.0 Å². The number of aliphatic carboxylic acids is 1. The summed E-state index contributed by atoms with van der Waals surface area (Å²) in [4.78, 5) is 21.5. The van der Waals surface area contributed by atoms with Gasteiger partial charge in [0.2, 0.25) is 0 Å². The van der Waals surface area contributed by atoms with Gasteiger partial charge < -0.3 is 9.84 Å². The second-order valence-corrected chi connectivity index (χ2v) is 2.95. The molecule has 0 bridgehead atoms. The van der Waals surface area contributed by atoms with Crippen LogP contribution in [0.2, 0.25) is 5.02 Å². The molecule has 0 aliphatic heterocycles. The number of carboxylic acid groups (broad SMARTS) is 1. The van der Waals surface area contributed by atoms with Crippen molar-refractivity contribution in [3.05, 3.63) is 28.5 Å². The molecule has 0 radical (unpaired) electrons. The van der Waals surface area contributed by atoms with Crippen LogP contribution in [0.1, 0.15) is 10.4 Å². The quantitative estimate of drug-likeness (QED) is 0.637. The van der Waals surface area contributed by atoms with Gasteiger partial charge in [-0.05, 0) is 12.1 Å². The first-order valence-corrected chi connectivity index (χ1v) is 4.16. The van der Waals surface area contributed by atoms with E-state index in [-0.39, 0.29) is 10.8 Å². The Bertz CT molecular complexity index is 430. The number of hydrogen-bond acceptors (Lipinski definition) is 3. The summed E-state index contributed by atoms with van der Waals surface area (Å²) < 4.78 is 17.9. The number of methoxy groups -OCH3 is 1. The number of carboxylic acids is 1. The van der Waals surface area contributed by atoms with E-state index in [1.54, 1.807) is 0 Å². The molecule has 0 unspecified atom stereocenters. The normalized spacial score (nSPS) is 9.80. The van der Waals surface area contributed by atoms with Gasteiger partial charge in [-0.3, -0.25) is 4.79 Å². The monoisotopic (exact) mass is 232 g/mol. The van der Waals surface area contributed by atoms with Crippen molar-refractivity contribution in [1.29, 1.82) is 0 Å². The number of ether oxygens (including phenoxy) is 1. The molecule has 4 nitrogen and oxygen atoms in total. The molecule has 15 heavy (non-hydrogen) atoms. The first-order chi connectivity index (χ1) is 6.99. The van der Waals surface area contributed by atoms with Crippen molar-refractivity contribution in [3.8, 4) is 5.75 Å². The fraction of sp³-hybridized carbons (Fsp3) is 0.111. The Kier molecular flexibility index (Phi) is 3.26. The van der Waals surface area contributed by atoms with Crippen LogP contribution < -0.4 is 4.74 Å². The average Bonchev–Trinajstić information content (AvgIpc) is 2.17. The third kappa shape index (κ3) is 2.07. The van der Waals surface area contributed by atoms with Gasteiger partial charge in [0.1, 0.15) is 11.6 Å². The lowest BCUT2D eigenvalue weighted by Crippen LogP contribution is -2.15. The highest BCUT2D eigenvalue weighted by atomic mass is 35.5. The molecule has 0 heterocycles. The van der Waals surface area contributed by atoms with Crippen LogP contribution in [0.4, 0.5) is 4.39 Å². The topological polar surface area (TPSA) is 63.6 Å². The van der Waals surface area contributed by atoms with Gasteiger partial charge in [0.25, 0.3) is 5.78 Å². The van der Waals surface area contributed by atoms with Crippen LogP contribution in [0, 0.1) is 5.82 Å². The molecule has 0 fully saturated rings. The highest BCUT2D eigenvalue weighted by Crippen LogP contribution is 2.30. The van der Waals surface area contributed by atoms with Crippen molar-refractivity contribution in [2.45, 2.75) is 0 Å². The van der Waals surface area contributed by atoms with Crippen molar-refractivity contribution >= 4 is 23.4 Å². The maximum atomic E-state index is 13.2. The van der Waals surface area contributed by atoms with E-state index in [4.69, 9.17) is 21.4 Å². The number of carbonyl (C=O) groups excluding carboxylic acids is 1. The number of halogens is 2. The Labute approximate surface area is 89.2 Å². The van der Waals surface area contributed by atoms with E-state index in [9.17, 15) is 14.0 Å². The van der Waals surface area contributed by atoms with Crippen LogP contribution in [0.15, 0.2) is 12.1 Å². The predicted octanol–water partition coefficient (Wildman–Crippen LogP) is 1.76. The highest BCUT2D eigenvalue weighted by Gasteiger charge is 2.24. The number of Topliss-reactive ketones (excluding diaryl/α,β-unsaturated/α-hetero) is 1.